The second-order valence-corrected chi connectivity index (χ2v) is 3.51. The first kappa shape index (κ1) is 13.6. The number of nitrogens with zero attached hydrogens (tertiary/aromatic N) is 1. The van der Waals surface area contributed by atoms with Crippen molar-refractivity contribution in [2.24, 2.45) is 0 Å². The zero-order valence-corrected chi connectivity index (χ0v) is 9.59. The van der Waals surface area contributed by atoms with E-state index in [9.17, 15) is 13.2 Å². The molecule has 0 unspecified atom stereocenters. The van der Waals surface area contributed by atoms with E-state index in [1.165, 1.54) is 18.3 Å². The standard InChI is InChI=1S/C12H15F3N2/c1-3-9-16-17(4-2)11-7-5-10(6-8-11)12(13,14)15/h4-8,16H,2-3,9H2,1H3. The molecule has 1 aromatic rings. The second kappa shape index (κ2) is 5.72. The van der Waals surface area contributed by atoms with Gasteiger partial charge in [0.25, 0.3) is 0 Å². The molecule has 0 fully saturated rings. The minimum absolute atomic E-state index is 0.626. The van der Waals surface area contributed by atoms with Crippen LogP contribution in [0.3, 0.4) is 0 Å². The van der Waals surface area contributed by atoms with Crippen LogP contribution in [0.25, 0.3) is 0 Å². The molecule has 0 aromatic heterocycles. The number of hydrazine groups is 1. The summed E-state index contributed by atoms with van der Waals surface area (Å²) in [5, 5.41) is 1.60. The van der Waals surface area contributed by atoms with Gasteiger partial charge in [0.05, 0.1) is 11.3 Å². The van der Waals surface area contributed by atoms with Crippen molar-refractivity contribution in [1.82, 2.24) is 5.43 Å². The van der Waals surface area contributed by atoms with Crippen molar-refractivity contribution >= 4 is 5.69 Å². The molecule has 2 nitrogen and oxygen atoms in total. The Labute approximate surface area is 98.7 Å². The van der Waals surface area contributed by atoms with Gasteiger partial charge in [0.2, 0.25) is 0 Å². The van der Waals surface area contributed by atoms with Gasteiger partial charge in [0.15, 0.2) is 0 Å². The van der Waals surface area contributed by atoms with Gasteiger partial charge in [-0.05, 0) is 30.7 Å². The Morgan fingerprint density at radius 2 is 1.88 bits per heavy atom. The Morgan fingerprint density at radius 1 is 1.29 bits per heavy atom. The van der Waals surface area contributed by atoms with Gasteiger partial charge in [-0.15, -0.1) is 0 Å². The van der Waals surface area contributed by atoms with Crippen LogP contribution < -0.4 is 10.4 Å². The Hall–Kier alpha value is -1.49. The number of anilines is 1. The molecule has 0 aliphatic rings. The highest BCUT2D eigenvalue weighted by Crippen LogP contribution is 2.30. The Kier molecular flexibility index (Phi) is 4.57. The van der Waals surface area contributed by atoms with Gasteiger partial charge in [-0.2, -0.15) is 13.2 Å². The van der Waals surface area contributed by atoms with Crippen LogP contribution in [0.15, 0.2) is 37.0 Å². The zero-order valence-electron chi connectivity index (χ0n) is 9.59. The predicted molar refractivity (Wildman–Crippen MR) is 62.4 cm³/mol. The number of benzene rings is 1. The molecular formula is C12H15F3N2. The first-order valence-corrected chi connectivity index (χ1v) is 5.31. The lowest BCUT2D eigenvalue weighted by Gasteiger charge is -2.21. The van der Waals surface area contributed by atoms with Crippen molar-refractivity contribution in [3.05, 3.63) is 42.6 Å². The lowest BCUT2D eigenvalue weighted by atomic mass is 10.2. The van der Waals surface area contributed by atoms with Crippen LogP contribution in [0.4, 0.5) is 18.9 Å². The quantitative estimate of drug-likeness (QED) is 0.796. The fourth-order valence-corrected chi connectivity index (χ4v) is 1.30. The smallest absolute Gasteiger partial charge is 0.285 e. The summed E-state index contributed by atoms with van der Waals surface area (Å²) in [6, 6.07) is 4.93. The third-order valence-electron chi connectivity index (χ3n) is 2.19. The van der Waals surface area contributed by atoms with E-state index < -0.39 is 11.7 Å². The highest BCUT2D eigenvalue weighted by atomic mass is 19.4. The normalized spacial score (nSPS) is 11.3. The van der Waals surface area contributed by atoms with Gasteiger partial charge in [-0.25, -0.2) is 5.43 Å². The molecular weight excluding hydrogens is 229 g/mol. The molecule has 0 amide bonds. The molecule has 0 bridgehead atoms. The number of hydrogen-bond donors (Lipinski definition) is 1. The van der Waals surface area contributed by atoms with E-state index in [-0.39, 0.29) is 0 Å². The van der Waals surface area contributed by atoms with Crippen molar-refractivity contribution in [1.29, 1.82) is 0 Å². The minimum atomic E-state index is -4.30. The van der Waals surface area contributed by atoms with Crippen molar-refractivity contribution in [3.63, 3.8) is 0 Å². The summed E-state index contributed by atoms with van der Waals surface area (Å²) in [4.78, 5) is 0. The second-order valence-electron chi connectivity index (χ2n) is 3.51. The topological polar surface area (TPSA) is 15.3 Å². The molecule has 1 rings (SSSR count). The molecule has 0 radical (unpaired) electrons. The summed E-state index contributed by atoms with van der Waals surface area (Å²) in [6.45, 7) is 6.33. The maximum Gasteiger partial charge on any atom is 0.416 e. The fraction of sp³-hybridized carbons (Fsp3) is 0.333. The summed E-state index contributed by atoms with van der Waals surface area (Å²) in [6.07, 6.45) is -1.85. The van der Waals surface area contributed by atoms with E-state index in [0.29, 0.717) is 5.69 Å². The van der Waals surface area contributed by atoms with Crippen molar-refractivity contribution < 1.29 is 13.2 Å². The first-order chi connectivity index (χ1) is 7.99. The van der Waals surface area contributed by atoms with Crippen LogP contribution in [0.1, 0.15) is 18.9 Å². The summed E-state index contributed by atoms with van der Waals surface area (Å²) >= 11 is 0. The largest absolute Gasteiger partial charge is 0.416 e. The van der Waals surface area contributed by atoms with Crippen LogP contribution >= 0.6 is 0 Å². The van der Waals surface area contributed by atoms with E-state index in [0.717, 1.165) is 25.1 Å². The maximum absolute atomic E-state index is 12.4. The Balaban J connectivity index is 2.81. The lowest BCUT2D eigenvalue weighted by molar-refractivity contribution is -0.137. The summed E-state index contributed by atoms with van der Waals surface area (Å²) < 4.78 is 37.1. The number of alkyl halides is 3. The van der Waals surface area contributed by atoms with Gasteiger partial charge in [0, 0.05) is 12.7 Å². The van der Waals surface area contributed by atoms with E-state index in [2.05, 4.69) is 12.0 Å². The molecule has 0 aliphatic heterocycles. The monoisotopic (exact) mass is 244 g/mol. The zero-order chi connectivity index (χ0) is 12.9. The van der Waals surface area contributed by atoms with Gasteiger partial charge >= 0.3 is 6.18 Å². The van der Waals surface area contributed by atoms with Crippen LogP contribution in [0.2, 0.25) is 0 Å². The molecule has 0 saturated heterocycles. The highest BCUT2D eigenvalue weighted by Gasteiger charge is 2.30. The predicted octanol–water partition coefficient (Wildman–Crippen LogP) is 3.57. The lowest BCUT2D eigenvalue weighted by Crippen LogP contribution is -2.33. The van der Waals surface area contributed by atoms with Crippen LogP contribution in [0, 0.1) is 0 Å². The van der Waals surface area contributed by atoms with Gasteiger partial charge in [-0.3, -0.25) is 5.01 Å². The molecule has 0 atom stereocenters. The number of nitrogens with one attached hydrogen (secondary N) is 1. The third-order valence-corrected chi connectivity index (χ3v) is 2.19. The molecule has 0 heterocycles. The molecule has 1 aromatic carbocycles. The molecule has 1 N–H and O–H groups in total. The van der Waals surface area contributed by atoms with Gasteiger partial charge in [0.1, 0.15) is 0 Å². The summed E-state index contributed by atoms with van der Waals surface area (Å²) in [5.41, 5.74) is 3.00. The van der Waals surface area contributed by atoms with E-state index in [1.807, 2.05) is 6.92 Å². The summed E-state index contributed by atoms with van der Waals surface area (Å²) in [5.74, 6) is 0. The Morgan fingerprint density at radius 3 is 2.29 bits per heavy atom. The first-order valence-electron chi connectivity index (χ1n) is 5.31. The van der Waals surface area contributed by atoms with Crippen LogP contribution in [0.5, 0.6) is 0 Å². The van der Waals surface area contributed by atoms with Gasteiger partial charge in [-0.1, -0.05) is 13.5 Å². The van der Waals surface area contributed by atoms with Crippen molar-refractivity contribution in [2.75, 3.05) is 11.6 Å². The highest BCUT2D eigenvalue weighted by molar-refractivity contribution is 5.49. The van der Waals surface area contributed by atoms with Crippen LogP contribution in [-0.2, 0) is 6.18 Å². The molecule has 0 spiro atoms. The number of rotatable bonds is 5. The SMILES string of the molecule is C=CN(NCCC)c1ccc(C(F)(F)F)cc1. The van der Waals surface area contributed by atoms with Crippen molar-refractivity contribution in [3.8, 4) is 0 Å². The molecule has 0 aliphatic carbocycles. The third kappa shape index (κ3) is 3.78. The number of halogens is 3. The number of hydrogen-bond acceptors (Lipinski definition) is 2. The molecule has 5 heteroatoms. The summed E-state index contributed by atoms with van der Waals surface area (Å²) in [7, 11) is 0. The van der Waals surface area contributed by atoms with Gasteiger partial charge < -0.3 is 0 Å². The maximum atomic E-state index is 12.4. The average molecular weight is 244 g/mol. The Bertz CT molecular complexity index is 357. The van der Waals surface area contributed by atoms with E-state index in [1.54, 1.807) is 5.01 Å². The average Bonchev–Trinajstić information content (AvgIpc) is 2.29. The van der Waals surface area contributed by atoms with E-state index in [4.69, 9.17) is 0 Å². The van der Waals surface area contributed by atoms with E-state index >= 15 is 0 Å². The molecule has 17 heavy (non-hydrogen) atoms. The molecule has 94 valence electrons. The molecule has 0 saturated carbocycles. The van der Waals surface area contributed by atoms with Crippen molar-refractivity contribution in [2.45, 2.75) is 19.5 Å². The minimum Gasteiger partial charge on any atom is -0.285 e. The fourth-order valence-electron chi connectivity index (χ4n) is 1.30. The van der Waals surface area contributed by atoms with Crippen LogP contribution in [-0.4, -0.2) is 6.54 Å².